The third kappa shape index (κ3) is 6.83. The van der Waals surface area contributed by atoms with Crippen molar-refractivity contribution in [3.05, 3.63) is 141 Å². The maximum absolute atomic E-state index is 14.0. The molecule has 0 spiro atoms. The van der Waals surface area contributed by atoms with E-state index in [1.54, 1.807) is 34.1 Å². The number of carbonyl (C=O) groups is 2. The molecule has 0 radical (unpaired) electrons. The first-order chi connectivity index (χ1) is 18.3. The highest BCUT2D eigenvalue weighted by atomic mass is 35.5. The summed E-state index contributed by atoms with van der Waals surface area (Å²) < 4.78 is 0. The van der Waals surface area contributed by atoms with E-state index in [0.29, 0.717) is 10.0 Å². The van der Waals surface area contributed by atoms with Crippen LogP contribution in [0.25, 0.3) is 0 Å². The van der Waals surface area contributed by atoms with E-state index in [1.165, 1.54) is 0 Å². The molecule has 4 rings (SSSR count). The average molecular weight is 546 g/mol. The Morgan fingerprint density at radius 2 is 0.868 bits per heavy atom. The predicted molar refractivity (Wildman–Crippen MR) is 154 cm³/mol. The molecule has 2 amide bonds. The molecular weight excluding hydrogens is 515 g/mol. The van der Waals surface area contributed by atoms with Gasteiger partial charge in [0.25, 0.3) is 0 Å². The maximum atomic E-state index is 14.0. The minimum Gasteiger partial charge on any atom is -0.323 e. The highest BCUT2D eigenvalue weighted by molar-refractivity contribution is 6.35. The van der Waals surface area contributed by atoms with Gasteiger partial charge in [-0.25, -0.2) is 0 Å². The van der Waals surface area contributed by atoms with Crippen LogP contribution in [-0.4, -0.2) is 21.6 Å². The molecule has 0 aromatic heterocycles. The van der Waals surface area contributed by atoms with Gasteiger partial charge in [0, 0.05) is 23.1 Å². The Morgan fingerprint density at radius 1 is 0.553 bits per heavy atom. The summed E-state index contributed by atoms with van der Waals surface area (Å²) in [5.74, 6) is -1.12. The van der Waals surface area contributed by atoms with E-state index in [-0.39, 0.29) is 25.2 Å². The Morgan fingerprint density at radius 3 is 1.18 bits per heavy atom. The van der Waals surface area contributed by atoms with E-state index >= 15 is 0 Å². The molecule has 0 saturated heterocycles. The second kappa shape index (κ2) is 12.8. The summed E-state index contributed by atoms with van der Waals surface area (Å²) in [5, 5.41) is 1.23. The summed E-state index contributed by atoms with van der Waals surface area (Å²) in [4.78, 5) is 31.3. The van der Waals surface area contributed by atoms with Crippen molar-refractivity contribution in [3.63, 3.8) is 0 Å². The smallest absolute Gasteiger partial charge is 0.312 e. The van der Waals surface area contributed by atoms with Gasteiger partial charge in [-0.3, -0.25) is 9.59 Å². The summed E-state index contributed by atoms with van der Waals surface area (Å²) >= 11 is 12.2. The molecule has 0 aliphatic carbocycles. The lowest BCUT2D eigenvalue weighted by atomic mass is 10.0. The summed E-state index contributed by atoms with van der Waals surface area (Å²) in [6, 6.07) is 33.5. The van der Waals surface area contributed by atoms with Crippen LogP contribution in [-0.2, 0) is 22.7 Å². The van der Waals surface area contributed by atoms with E-state index in [2.05, 4.69) is 0 Å². The first kappa shape index (κ1) is 27.4. The molecule has 0 heterocycles. The van der Waals surface area contributed by atoms with Gasteiger partial charge in [0.15, 0.2) is 0 Å². The predicted octanol–water partition coefficient (Wildman–Crippen LogP) is 7.87. The quantitative estimate of drug-likeness (QED) is 0.212. The Kier molecular flexibility index (Phi) is 9.22. The number of benzene rings is 4. The van der Waals surface area contributed by atoms with Crippen LogP contribution in [0.15, 0.2) is 109 Å². The van der Waals surface area contributed by atoms with Crippen molar-refractivity contribution in [1.29, 1.82) is 0 Å². The van der Waals surface area contributed by atoms with Gasteiger partial charge in [-0.1, -0.05) is 108 Å². The molecule has 0 aliphatic heterocycles. The van der Waals surface area contributed by atoms with Crippen LogP contribution >= 0.6 is 23.2 Å². The molecule has 0 saturated carbocycles. The lowest BCUT2D eigenvalue weighted by Gasteiger charge is -2.34. The molecule has 194 valence electrons. The van der Waals surface area contributed by atoms with Crippen LogP contribution in [0, 0.1) is 0 Å². The van der Waals surface area contributed by atoms with Gasteiger partial charge < -0.3 is 9.80 Å². The number of halogens is 2. The lowest BCUT2D eigenvalue weighted by molar-refractivity contribution is -0.155. The number of amides is 2. The van der Waals surface area contributed by atoms with Crippen molar-refractivity contribution >= 4 is 35.0 Å². The lowest BCUT2D eigenvalue weighted by Crippen LogP contribution is -2.46. The van der Waals surface area contributed by atoms with Gasteiger partial charge in [-0.05, 0) is 60.4 Å². The minimum atomic E-state index is -0.562. The van der Waals surface area contributed by atoms with Crippen molar-refractivity contribution in [2.75, 3.05) is 0 Å². The standard InChI is InChI=1S/C32H30Cl2N2O2/c1-23(27-9-5-3-6-10-27)35(21-25-13-17-29(33)18-14-25)31(37)32(38)36(22-26-15-19-30(34)20-16-26)24(2)28-11-7-4-8-12-28/h3-20,23-24H,21-22H2,1-2H3/t23-,24-/m0/s1. The minimum absolute atomic E-state index is 0.270. The Balaban J connectivity index is 1.69. The molecule has 6 heteroatoms. The summed E-state index contributed by atoms with van der Waals surface area (Å²) in [6.07, 6.45) is 0. The zero-order valence-corrected chi connectivity index (χ0v) is 22.9. The number of nitrogens with zero attached hydrogens (tertiary/aromatic N) is 2. The van der Waals surface area contributed by atoms with E-state index in [1.807, 2.05) is 98.8 Å². The van der Waals surface area contributed by atoms with Gasteiger partial charge in [0.05, 0.1) is 12.1 Å². The Bertz CT molecular complexity index is 1240. The van der Waals surface area contributed by atoms with Crippen LogP contribution in [0.3, 0.4) is 0 Å². The van der Waals surface area contributed by atoms with E-state index < -0.39 is 11.8 Å². The molecular formula is C32H30Cl2N2O2. The molecule has 4 aromatic rings. The van der Waals surface area contributed by atoms with Crippen molar-refractivity contribution < 1.29 is 9.59 Å². The van der Waals surface area contributed by atoms with Gasteiger partial charge in [-0.15, -0.1) is 0 Å². The van der Waals surface area contributed by atoms with E-state index in [0.717, 1.165) is 22.3 Å². The molecule has 0 N–H and O–H groups in total. The van der Waals surface area contributed by atoms with Gasteiger partial charge in [-0.2, -0.15) is 0 Å². The highest BCUT2D eigenvalue weighted by Gasteiger charge is 2.33. The third-order valence-corrected chi connectivity index (χ3v) is 7.24. The van der Waals surface area contributed by atoms with Crippen LogP contribution in [0.4, 0.5) is 0 Å². The van der Waals surface area contributed by atoms with Crippen LogP contribution in [0.2, 0.25) is 10.0 Å². The molecule has 0 aliphatic rings. The molecule has 0 unspecified atom stereocenters. The SMILES string of the molecule is C[C@@H](c1ccccc1)N(Cc1ccc(Cl)cc1)C(=O)C(=O)N(Cc1ccc(Cl)cc1)[C@@H](C)c1ccccc1. The van der Waals surface area contributed by atoms with Gasteiger partial charge in [0.1, 0.15) is 0 Å². The Labute approximate surface area is 234 Å². The second-order valence-electron chi connectivity index (χ2n) is 9.29. The van der Waals surface area contributed by atoms with E-state index in [9.17, 15) is 9.59 Å². The monoisotopic (exact) mass is 544 g/mol. The second-order valence-corrected chi connectivity index (χ2v) is 10.2. The molecule has 38 heavy (non-hydrogen) atoms. The van der Waals surface area contributed by atoms with Crippen molar-refractivity contribution in [1.82, 2.24) is 9.80 Å². The first-order valence-electron chi connectivity index (χ1n) is 12.5. The summed E-state index contributed by atoms with van der Waals surface area (Å²) in [7, 11) is 0. The zero-order valence-electron chi connectivity index (χ0n) is 21.4. The summed E-state index contributed by atoms with van der Waals surface area (Å²) in [5.41, 5.74) is 3.67. The van der Waals surface area contributed by atoms with Crippen molar-refractivity contribution in [2.24, 2.45) is 0 Å². The van der Waals surface area contributed by atoms with Gasteiger partial charge >= 0.3 is 11.8 Å². The van der Waals surface area contributed by atoms with Crippen molar-refractivity contribution in [2.45, 2.75) is 39.0 Å². The topological polar surface area (TPSA) is 40.6 Å². The Hall–Kier alpha value is -3.60. The number of rotatable bonds is 8. The normalized spacial score (nSPS) is 12.4. The number of hydrogen-bond acceptors (Lipinski definition) is 2. The molecule has 4 nitrogen and oxygen atoms in total. The van der Waals surface area contributed by atoms with Crippen molar-refractivity contribution in [3.8, 4) is 0 Å². The summed E-state index contributed by atoms with van der Waals surface area (Å²) in [6.45, 7) is 4.43. The fourth-order valence-electron chi connectivity index (χ4n) is 4.41. The van der Waals surface area contributed by atoms with Gasteiger partial charge in [0.2, 0.25) is 0 Å². The first-order valence-corrected chi connectivity index (χ1v) is 13.3. The third-order valence-electron chi connectivity index (χ3n) is 6.74. The average Bonchev–Trinajstić information content (AvgIpc) is 2.96. The van der Waals surface area contributed by atoms with Crippen LogP contribution in [0.1, 0.15) is 48.2 Å². The van der Waals surface area contributed by atoms with Crippen LogP contribution in [0.5, 0.6) is 0 Å². The largest absolute Gasteiger partial charge is 0.323 e. The molecule has 4 aromatic carbocycles. The fraction of sp³-hybridized carbons (Fsp3) is 0.188. The molecule has 0 fully saturated rings. The number of carbonyl (C=O) groups excluding carboxylic acids is 2. The van der Waals surface area contributed by atoms with Crippen LogP contribution < -0.4 is 0 Å². The zero-order chi connectivity index (χ0) is 27.1. The molecule has 2 atom stereocenters. The fourth-order valence-corrected chi connectivity index (χ4v) is 4.66. The van der Waals surface area contributed by atoms with E-state index in [4.69, 9.17) is 23.2 Å². The molecule has 0 bridgehead atoms. The highest BCUT2D eigenvalue weighted by Crippen LogP contribution is 2.27. The number of hydrogen-bond donors (Lipinski definition) is 0. The maximum Gasteiger partial charge on any atom is 0.312 e.